The number of hydrogen-bond acceptors (Lipinski definition) is 7. The van der Waals surface area contributed by atoms with Gasteiger partial charge in [-0.25, -0.2) is 0 Å². The van der Waals surface area contributed by atoms with E-state index in [0.717, 1.165) is 22.0 Å². The first-order valence-electron chi connectivity index (χ1n) is 8.39. The van der Waals surface area contributed by atoms with E-state index in [1.807, 2.05) is 39.0 Å². The summed E-state index contributed by atoms with van der Waals surface area (Å²) < 4.78 is 5.99. The average Bonchev–Trinajstić information content (AvgIpc) is 3.05. The molecule has 0 aliphatic carbocycles. The average molecular weight is 415 g/mol. The lowest BCUT2D eigenvalue weighted by atomic mass is 10.2. The maximum atomic E-state index is 12.1. The van der Waals surface area contributed by atoms with Crippen molar-refractivity contribution < 1.29 is 9.53 Å². The third-order valence-corrected chi connectivity index (χ3v) is 5.96. The van der Waals surface area contributed by atoms with Crippen LogP contribution in [-0.4, -0.2) is 41.1 Å². The molecule has 0 saturated heterocycles. The summed E-state index contributed by atoms with van der Waals surface area (Å²) in [5.41, 5.74) is 1.85. The number of rotatable bonds is 10. The first kappa shape index (κ1) is 21.0. The van der Waals surface area contributed by atoms with Crippen LogP contribution < -0.4 is 10.6 Å². The Balaban J connectivity index is 1.83. The second-order valence-corrected chi connectivity index (χ2v) is 8.48. The van der Waals surface area contributed by atoms with Gasteiger partial charge in [0.25, 0.3) is 0 Å². The van der Waals surface area contributed by atoms with Crippen LogP contribution in [0.15, 0.2) is 22.5 Å². The highest BCUT2D eigenvalue weighted by Gasteiger charge is 2.17. The van der Waals surface area contributed by atoms with E-state index in [1.54, 1.807) is 0 Å². The molecule has 1 aromatic carbocycles. The molecule has 2 aromatic rings. The Labute approximate surface area is 167 Å². The molecule has 0 bridgehead atoms. The van der Waals surface area contributed by atoms with E-state index in [0.29, 0.717) is 29.9 Å². The number of nitrogens with zero attached hydrogens (tertiary/aromatic N) is 2. The molecule has 1 atom stereocenters. The second-order valence-electron chi connectivity index (χ2n) is 5.51. The van der Waals surface area contributed by atoms with Crippen LogP contribution in [0.3, 0.4) is 0 Å². The van der Waals surface area contributed by atoms with Gasteiger partial charge in [-0.05, 0) is 44.9 Å². The first-order valence-corrected chi connectivity index (χ1v) is 10.5. The Morgan fingerprint density at radius 2 is 2.23 bits per heavy atom. The Hall–Kier alpha value is -1.35. The minimum absolute atomic E-state index is 0.0121. The topological polar surface area (TPSA) is 76.1 Å². The zero-order chi connectivity index (χ0) is 18.9. The summed E-state index contributed by atoms with van der Waals surface area (Å²) in [6.07, 6.45) is 0.808. The molecule has 0 radical (unpaired) electrons. The van der Waals surface area contributed by atoms with Crippen LogP contribution in [0, 0.1) is 6.92 Å². The van der Waals surface area contributed by atoms with E-state index in [4.69, 9.17) is 16.3 Å². The minimum atomic E-state index is -0.240. The van der Waals surface area contributed by atoms with Crippen LogP contribution in [0.2, 0.25) is 5.02 Å². The molecular formula is C17H23ClN4O2S2. The molecule has 6 nitrogen and oxygen atoms in total. The van der Waals surface area contributed by atoms with Crippen LogP contribution >= 0.6 is 34.7 Å². The lowest BCUT2D eigenvalue weighted by Gasteiger charge is -2.10. The number of carbonyl (C=O) groups is 1. The fraction of sp³-hybridized carbons (Fsp3) is 0.471. The Kier molecular flexibility index (Phi) is 8.64. The van der Waals surface area contributed by atoms with Gasteiger partial charge in [0.05, 0.1) is 5.25 Å². The molecule has 0 spiro atoms. The standard InChI is InChI=1S/C17H23ClN4O2S2/c1-4-24-10-6-9-19-15(23)12(3)25-17-22-21-16(26-17)20-14-8-5-7-13(18)11(14)2/h5,7-8,12H,4,6,9-10H2,1-3H3,(H,19,23)(H,20,21). The number of halogens is 1. The van der Waals surface area contributed by atoms with Gasteiger partial charge in [-0.1, -0.05) is 40.8 Å². The highest BCUT2D eigenvalue weighted by atomic mass is 35.5. The third kappa shape index (κ3) is 6.42. The van der Waals surface area contributed by atoms with Crippen molar-refractivity contribution in [3.8, 4) is 0 Å². The van der Waals surface area contributed by atoms with Crippen molar-refractivity contribution in [2.24, 2.45) is 0 Å². The van der Waals surface area contributed by atoms with Crippen molar-refractivity contribution in [1.82, 2.24) is 15.5 Å². The zero-order valence-corrected chi connectivity index (χ0v) is 17.4. The lowest BCUT2D eigenvalue weighted by Crippen LogP contribution is -2.32. The monoisotopic (exact) mass is 414 g/mol. The lowest BCUT2D eigenvalue weighted by molar-refractivity contribution is -0.120. The number of hydrogen-bond donors (Lipinski definition) is 2. The van der Waals surface area contributed by atoms with Gasteiger partial charge < -0.3 is 15.4 Å². The third-order valence-electron chi connectivity index (χ3n) is 3.53. The number of carbonyl (C=O) groups excluding carboxylic acids is 1. The van der Waals surface area contributed by atoms with E-state index in [-0.39, 0.29) is 11.2 Å². The summed E-state index contributed by atoms with van der Waals surface area (Å²) in [4.78, 5) is 12.1. The summed E-state index contributed by atoms with van der Waals surface area (Å²) in [6.45, 7) is 7.73. The van der Waals surface area contributed by atoms with Gasteiger partial charge in [-0.15, -0.1) is 10.2 Å². The molecule has 2 rings (SSSR count). The van der Waals surface area contributed by atoms with E-state index in [9.17, 15) is 4.79 Å². The predicted octanol–water partition coefficient (Wildman–Crippen LogP) is 4.27. The molecule has 2 N–H and O–H groups in total. The van der Waals surface area contributed by atoms with E-state index >= 15 is 0 Å². The van der Waals surface area contributed by atoms with Crippen molar-refractivity contribution in [2.75, 3.05) is 25.1 Å². The molecular weight excluding hydrogens is 392 g/mol. The molecule has 9 heteroatoms. The van der Waals surface area contributed by atoms with Gasteiger partial charge in [0.1, 0.15) is 0 Å². The van der Waals surface area contributed by atoms with Crippen LogP contribution in [0.25, 0.3) is 0 Å². The Morgan fingerprint density at radius 3 is 3.00 bits per heavy atom. The largest absolute Gasteiger partial charge is 0.382 e. The molecule has 1 amide bonds. The summed E-state index contributed by atoms with van der Waals surface area (Å²) in [5, 5.41) is 15.5. The minimum Gasteiger partial charge on any atom is -0.382 e. The number of aromatic nitrogens is 2. The van der Waals surface area contributed by atoms with Gasteiger partial charge in [0.15, 0.2) is 4.34 Å². The maximum absolute atomic E-state index is 12.1. The molecule has 26 heavy (non-hydrogen) atoms. The predicted molar refractivity (Wildman–Crippen MR) is 109 cm³/mol. The van der Waals surface area contributed by atoms with Crippen LogP contribution in [0.1, 0.15) is 25.8 Å². The van der Waals surface area contributed by atoms with Gasteiger partial charge in [0, 0.05) is 30.5 Å². The second kappa shape index (κ2) is 10.7. The Bertz CT molecular complexity index is 727. The van der Waals surface area contributed by atoms with Gasteiger partial charge in [-0.2, -0.15) is 0 Å². The number of anilines is 2. The fourth-order valence-electron chi connectivity index (χ4n) is 2.04. The van der Waals surface area contributed by atoms with E-state index < -0.39 is 0 Å². The van der Waals surface area contributed by atoms with Crippen molar-refractivity contribution in [3.63, 3.8) is 0 Å². The summed E-state index contributed by atoms with van der Waals surface area (Å²) in [7, 11) is 0. The van der Waals surface area contributed by atoms with Crippen LogP contribution in [0.5, 0.6) is 0 Å². The van der Waals surface area contributed by atoms with Gasteiger partial charge >= 0.3 is 0 Å². The number of amides is 1. The number of thioether (sulfide) groups is 1. The first-order chi connectivity index (χ1) is 12.5. The summed E-state index contributed by atoms with van der Waals surface area (Å²) in [5.74, 6) is -0.0121. The number of ether oxygens (including phenoxy) is 1. The molecule has 0 aliphatic heterocycles. The highest BCUT2D eigenvalue weighted by Crippen LogP contribution is 2.32. The smallest absolute Gasteiger partial charge is 0.233 e. The number of benzene rings is 1. The maximum Gasteiger partial charge on any atom is 0.233 e. The number of nitrogens with one attached hydrogen (secondary N) is 2. The molecule has 0 saturated carbocycles. The Morgan fingerprint density at radius 1 is 1.42 bits per heavy atom. The van der Waals surface area contributed by atoms with Gasteiger partial charge in [-0.3, -0.25) is 4.79 Å². The molecule has 0 aliphatic rings. The quantitative estimate of drug-likeness (QED) is 0.446. The molecule has 1 heterocycles. The van der Waals surface area contributed by atoms with E-state index in [1.165, 1.54) is 23.1 Å². The van der Waals surface area contributed by atoms with Crippen molar-refractivity contribution in [1.29, 1.82) is 0 Å². The van der Waals surface area contributed by atoms with Crippen LogP contribution in [-0.2, 0) is 9.53 Å². The van der Waals surface area contributed by atoms with Crippen molar-refractivity contribution in [2.45, 2.75) is 36.8 Å². The molecule has 1 aromatic heterocycles. The molecule has 142 valence electrons. The van der Waals surface area contributed by atoms with Crippen molar-refractivity contribution >= 4 is 51.4 Å². The normalized spacial score (nSPS) is 12.0. The fourth-order valence-corrected chi connectivity index (χ4v) is 4.15. The molecule has 0 fully saturated rings. The van der Waals surface area contributed by atoms with Crippen LogP contribution in [0.4, 0.5) is 10.8 Å². The summed E-state index contributed by atoms with van der Waals surface area (Å²) >= 11 is 8.93. The summed E-state index contributed by atoms with van der Waals surface area (Å²) in [6, 6.07) is 5.66. The van der Waals surface area contributed by atoms with E-state index in [2.05, 4.69) is 20.8 Å². The van der Waals surface area contributed by atoms with Gasteiger partial charge in [0.2, 0.25) is 11.0 Å². The SMILES string of the molecule is CCOCCCNC(=O)C(C)Sc1nnc(Nc2cccc(Cl)c2C)s1. The molecule has 1 unspecified atom stereocenters. The highest BCUT2D eigenvalue weighted by molar-refractivity contribution is 8.02. The zero-order valence-electron chi connectivity index (χ0n) is 15.0. The van der Waals surface area contributed by atoms with Crippen molar-refractivity contribution in [3.05, 3.63) is 28.8 Å².